The minimum atomic E-state index is -0.790. The van der Waals surface area contributed by atoms with Gasteiger partial charge in [0, 0.05) is 18.1 Å². The van der Waals surface area contributed by atoms with Crippen LogP contribution >= 0.6 is 0 Å². The van der Waals surface area contributed by atoms with Gasteiger partial charge in [0.15, 0.2) is 0 Å². The molecule has 1 saturated heterocycles. The van der Waals surface area contributed by atoms with Crippen molar-refractivity contribution in [1.29, 1.82) is 0 Å². The predicted molar refractivity (Wildman–Crippen MR) is 92.2 cm³/mol. The van der Waals surface area contributed by atoms with Gasteiger partial charge in [-0.25, -0.2) is 4.68 Å². The standard InChI is InChI=1S/C18H22N4O3/c1-24-15-3-4-17-14(9-15)10-16(25-17)11-21-7-2-5-18(23,12-21)13-22-8-6-19-20-22/h3-4,6,8-10,23H,2,5,7,11-13H2,1H3. The van der Waals surface area contributed by atoms with Crippen LogP contribution in [0.2, 0.25) is 0 Å². The van der Waals surface area contributed by atoms with Crippen LogP contribution in [0.25, 0.3) is 11.0 Å². The Morgan fingerprint density at radius 2 is 2.28 bits per heavy atom. The molecule has 1 atom stereocenters. The van der Waals surface area contributed by atoms with E-state index >= 15 is 0 Å². The van der Waals surface area contributed by atoms with Gasteiger partial charge in [-0.2, -0.15) is 0 Å². The fourth-order valence-electron chi connectivity index (χ4n) is 3.59. The number of aliphatic hydroxyl groups is 1. The quantitative estimate of drug-likeness (QED) is 0.765. The van der Waals surface area contributed by atoms with Gasteiger partial charge in [0.1, 0.15) is 17.1 Å². The number of benzene rings is 1. The van der Waals surface area contributed by atoms with Crippen molar-refractivity contribution in [3.8, 4) is 5.75 Å². The topological polar surface area (TPSA) is 76.6 Å². The van der Waals surface area contributed by atoms with Crippen molar-refractivity contribution in [3.63, 3.8) is 0 Å². The number of β-amino-alcohol motifs (C(OH)–C–C–N with tert-alkyl or cyclic N) is 1. The highest BCUT2D eigenvalue weighted by atomic mass is 16.5. The molecule has 0 saturated carbocycles. The van der Waals surface area contributed by atoms with Crippen LogP contribution in [0.4, 0.5) is 0 Å². The number of nitrogens with zero attached hydrogens (tertiary/aromatic N) is 4. The molecule has 1 aliphatic rings. The average molecular weight is 342 g/mol. The Labute approximate surface area is 145 Å². The van der Waals surface area contributed by atoms with E-state index in [2.05, 4.69) is 15.2 Å². The highest BCUT2D eigenvalue weighted by Gasteiger charge is 2.34. The molecule has 1 aliphatic heterocycles. The maximum absolute atomic E-state index is 10.9. The van der Waals surface area contributed by atoms with Gasteiger partial charge in [0.2, 0.25) is 0 Å². The second kappa shape index (κ2) is 6.50. The largest absolute Gasteiger partial charge is 0.497 e. The fraction of sp³-hybridized carbons (Fsp3) is 0.444. The van der Waals surface area contributed by atoms with Gasteiger partial charge in [0.25, 0.3) is 0 Å². The number of aromatic nitrogens is 3. The van der Waals surface area contributed by atoms with Crippen LogP contribution in [0.15, 0.2) is 41.1 Å². The van der Waals surface area contributed by atoms with E-state index < -0.39 is 5.60 Å². The monoisotopic (exact) mass is 342 g/mol. The molecule has 0 aliphatic carbocycles. The number of likely N-dealkylation sites (tertiary alicyclic amines) is 1. The van der Waals surface area contributed by atoms with Crippen LogP contribution in [0.1, 0.15) is 18.6 Å². The lowest BCUT2D eigenvalue weighted by atomic mass is 9.92. The van der Waals surface area contributed by atoms with Crippen molar-refractivity contribution in [2.45, 2.75) is 31.5 Å². The third kappa shape index (κ3) is 3.52. The number of hydrogen-bond donors (Lipinski definition) is 1. The summed E-state index contributed by atoms with van der Waals surface area (Å²) in [5.74, 6) is 1.72. The van der Waals surface area contributed by atoms with Gasteiger partial charge in [0.05, 0.1) is 32.0 Å². The molecule has 1 unspecified atom stereocenters. The molecule has 0 spiro atoms. The number of ether oxygens (including phenoxy) is 1. The van der Waals surface area contributed by atoms with Gasteiger partial charge in [-0.1, -0.05) is 5.21 Å². The Hall–Kier alpha value is -2.38. The first-order chi connectivity index (χ1) is 12.1. The number of fused-ring (bicyclic) bond motifs is 1. The van der Waals surface area contributed by atoms with Gasteiger partial charge in [-0.3, -0.25) is 4.90 Å². The number of hydrogen-bond acceptors (Lipinski definition) is 6. The predicted octanol–water partition coefficient (Wildman–Crippen LogP) is 2.06. The zero-order chi connectivity index (χ0) is 17.3. The van der Waals surface area contributed by atoms with Gasteiger partial charge in [-0.15, -0.1) is 5.10 Å². The molecule has 4 rings (SSSR count). The molecular formula is C18H22N4O3. The highest BCUT2D eigenvalue weighted by molar-refractivity contribution is 5.79. The Morgan fingerprint density at radius 1 is 1.36 bits per heavy atom. The van der Waals surface area contributed by atoms with Crippen LogP contribution in [-0.4, -0.2) is 50.8 Å². The van der Waals surface area contributed by atoms with E-state index in [9.17, 15) is 5.11 Å². The Kier molecular flexibility index (Phi) is 4.19. The van der Waals surface area contributed by atoms with Gasteiger partial charge >= 0.3 is 0 Å². The van der Waals surface area contributed by atoms with Crippen LogP contribution < -0.4 is 4.74 Å². The molecule has 3 aromatic rings. The molecule has 0 radical (unpaired) electrons. The van der Waals surface area contributed by atoms with Gasteiger partial charge in [-0.05, 0) is 43.7 Å². The second-order valence-electron chi connectivity index (χ2n) is 6.76. The molecule has 1 fully saturated rings. The average Bonchev–Trinajstić information content (AvgIpc) is 3.22. The lowest BCUT2D eigenvalue weighted by Gasteiger charge is -2.38. The Morgan fingerprint density at radius 3 is 3.08 bits per heavy atom. The van der Waals surface area contributed by atoms with E-state index in [1.807, 2.05) is 24.3 Å². The lowest BCUT2D eigenvalue weighted by molar-refractivity contribution is -0.0490. The summed E-state index contributed by atoms with van der Waals surface area (Å²) >= 11 is 0. The summed E-state index contributed by atoms with van der Waals surface area (Å²) in [7, 11) is 1.66. The Bertz CT molecular complexity index is 845. The van der Waals surface area contributed by atoms with Crippen LogP contribution in [-0.2, 0) is 13.1 Å². The van der Waals surface area contributed by atoms with E-state index in [4.69, 9.17) is 9.15 Å². The fourth-order valence-corrected chi connectivity index (χ4v) is 3.59. The maximum Gasteiger partial charge on any atom is 0.134 e. The number of piperidine rings is 1. The number of rotatable bonds is 5. The lowest BCUT2D eigenvalue weighted by Crippen LogP contribution is -2.50. The van der Waals surface area contributed by atoms with E-state index in [-0.39, 0.29) is 0 Å². The maximum atomic E-state index is 10.9. The van der Waals surface area contributed by atoms with Gasteiger partial charge < -0.3 is 14.3 Å². The van der Waals surface area contributed by atoms with E-state index in [0.717, 1.165) is 41.9 Å². The van der Waals surface area contributed by atoms with Crippen LogP contribution in [0, 0.1) is 0 Å². The minimum absolute atomic E-state index is 0.459. The first-order valence-corrected chi connectivity index (χ1v) is 8.49. The molecule has 132 valence electrons. The summed E-state index contributed by atoms with van der Waals surface area (Å²) in [6, 6.07) is 7.84. The van der Waals surface area contributed by atoms with Crippen molar-refractivity contribution < 1.29 is 14.3 Å². The third-order valence-corrected chi connectivity index (χ3v) is 4.72. The number of methoxy groups -OCH3 is 1. The zero-order valence-electron chi connectivity index (χ0n) is 14.3. The smallest absolute Gasteiger partial charge is 0.134 e. The van der Waals surface area contributed by atoms with E-state index in [1.54, 1.807) is 24.2 Å². The second-order valence-corrected chi connectivity index (χ2v) is 6.76. The van der Waals surface area contributed by atoms with E-state index in [1.165, 1.54) is 0 Å². The normalized spacial score (nSPS) is 21.7. The van der Waals surface area contributed by atoms with Crippen molar-refractivity contribution in [2.24, 2.45) is 0 Å². The van der Waals surface area contributed by atoms with E-state index in [0.29, 0.717) is 19.6 Å². The van der Waals surface area contributed by atoms with Crippen molar-refractivity contribution >= 4 is 11.0 Å². The third-order valence-electron chi connectivity index (χ3n) is 4.72. The molecule has 7 heteroatoms. The highest BCUT2D eigenvalue weighted by Crippen LogP contribution is 2.27. The summed E-state index contributed by atoms with van der Waals surface area (Å²) in [4.78, 5) is 2.23. The Balaban J connectivity index is 1.46. The summed E-state index contributed by atoms with van der Waals surface area (Å²) < 4.78 is 12.9. The summed E-state index contributed by atoms with van der Waals surface area (Å²) in [5.41, 5.74) is 0.0620. The SMILES string of the molecule is COc1ccc2oc(CN3CCCC(O)(Cn4ccnn4)C3)cc2c1. The van der Waals surface area contributed by atoms with Crippen LogP contribution in [0.3, 0.4) is 0 Å². The number of furan rings is 1. The molecule has 0 amide bonds. The summed E-state index contributed by atoms with van der Waals surface area (Å²) in [5, 5.41) is 19.7. The molecule has 1 aromatic carbocycles. The molecular weight excluding hydrogens is 320 g/mol. The first kappa shape index (κ1) is 16.1. The summed E-state index contributed by atoms with van der Waals surface area (Å²) in [6.07, 6.45) is 5.12. The molecule has 0 bridgehead atoms. The molecule has 25 heavy (non-hydrogen) atoms. The van der Waals surface area contributed by atoms with Crippen molar-refractivity contribution in [3.05, 3.63) is 42.4 Å². The molecule has 7 nitrogen and oxygen atoms in total. The molecule has 3 heterocycles. The minimum Gasteiger partial charge on any atom is -0.497 e. The molecule has 2 aromatic heterocycles. The summed E-state index contributed by atoms with van der Waals surface area (Å²) in [6.45, 7) is 2.67. The molecule has 1 N–H and O–H groups in total. The van der Waals surface area contributed by atoms with Crippen molar-refractivity contribution in [1.82, 2.24) is 19.9 Å². The first-order valence-electron chi connectivity index (χ1n) is 8.49. The van der Waals surface area contributed by atoms with Crippen molar-refractivity contribution in [2.75, 3.05) is 20.2 Å². The van der Waals surface area contributed by atoms with Crippen LogP contribution in [0.5, 0.6) is 5.75 Å². The zero-order valence-corrected chi connectivity index (χ0v) is 14.3.